The molecule has 6 nitrogen and oxygen atoms in total. The fourth-order valence-electron chi connectivity index (χ4n) is 2.03. The number of rotatable bonds is 5. The lowest BCUT2D eigenvalue weighted by Gasteiger charge is -2.10. The van der Waals surface area contributed by atoms with Crippen LogP contribution in [0.5, 0.6) is 5.75 Å². The lowest BCUT2D eigenvalue weighted by atomic mass is 10.1. The molecule has 0 atom stereocenters. The molecule has 0 spiro atoms. The lowest BCUT2D eigenvalue weighted by molar-refractivity contribution is -0.384. The number of amides is 1. The smallest absolute Gasteiger partial charge is 0.269 e. The van der Waals surface area contributed by atoms with Gasteiger partial charge in [-0.2, -0.15) is 0 Å². The van der Waals surface area contributed by atoms with E-state index in [1.165, 1.54) is 27.8 Å². The van der Waals surface area contributed by atoms with Crippen LogP contribution >= 0.6 is 22.6 Å². The van der Waals surface area contributed by atoms with E-state index in [1.807, 2.05) is 26.0 Å². The van der Waals surface area contributed by atoms with Crippen molar-refractivity contribution in [2.45, 2.75) is 13.8 Å². The highest BCUT2D eigenvalue weighted by Crippen LogP contribution is 2.22. The Morgan fingerprint density at radius 3 is 2.30 bits per heavy atom. The van der Waals surface area contributed by atoms with Gasteiger partial charge in [-0.25, -0.2) is 0 Å². The Morgan fingerprint density at radius 2 is 1.78 bits per heavy atom. The number of nitro benzene ring substituents is 1. The van der Waals surface area contributed by atoms with Crippen molar-refractivity contribution in [1.82, 2.24) is 0 Å². The number of carbonyl (C=O) groups is 1. The Labute approximate surface area is 147 Å². The Kier molecular flexibility index (Phi) is 5.54. The summed E-state index contributed by atoms with van der Waals surface area (Å²) in [7, 11) is 0. The fourth-order valence-corrected chi connectivity index (χ4v) is 2.34. The Hall–Kier alpha value is -2.16. The quantitative estimate of drug-likeness (QED) is 0.448. The first kappa shape index (κ1) is 17.2. The Balaban J connectivity index is 1.93. The van der Waals surface area contributed by atoms with Crippen molar-refractivity contribution in [3.63, 3.8) is 0 Å². The van der Waals surface area contributed by atoms with Crippen LogP contribution in [0.3, 0.4) is 0 Å². The molecule has 1 amide bonds. The molecule has 7 heteroatoms. The minimum absolute atomic E-state index is 0.0216. The minimum Gasteiger partial charge on any atom is -0.484 e. The van der Waals surface area contributed by atoms with Gasteiger partial charge in [0.1, 0.15) is 5.75 Å². The van der Waals surface area contributed by atoms with Crippen molar-refractivity contribution in [2.24, 2.45) is 0 Å². The van der Waals surface area contributed by atoms with Crippen molar-refractivity contribution in [1.29, 1.82) is 0 Å². The maximum atomic E-state index is 11.9. The maximum absolute atomic E-state index is 11.9. The van der Waals surface area contributed by atoms with Crippen LogP contribution in [0.4, 0.5) is 11.4 Å². The average molecular weight is 426 g/mol. The van der Waals surface area contributed by atoms with Gasteiger partial charge in [-0.05, 0) is 71.8 Å². The van der Waals surface area contributed by atoms with Crippen molar-refractivity contribution in [3.8, 4) is 5.75 Å². The summed E-state index contributed by atoms with van der Waals surface area (Å²) in [4.78, 5) is 22.0. The van der Waals surface area contributed by atoms with Crippen LogP contribution in [0.1, 0.15) is 11.1 Å². The normalized spacial score (nSPS) is 10.2. The first-order chi connectivity index (χ1) is 10.9. The van der Waals surface area contributed by atoms with Crippen LogP contribution < -0.4 is 10.1 Å². The zero-order chi connectivity index (χ0) is 17.0. The average Bonchev–Trinajstić information content (AvgIpc) is 2.51. The van der Waals surface area contributed by atoms with Crippen LogP contribution in [0.25, 0.3) is 0 Å². The molecule has 0 saturated carbocycles. The zero-order valence-electron chi connectivity index (χ0n) is 12.6. The largest absolute Gasteiger partial charge is 0.484 e. The summed E-state index contributed by atoms with van der Waals surface area (Å²) in [6.07, 6.45) is 0. The molecule has 1 N–H and O–H groups in total. The van der Waals surface area contributed by atoms with Gasteiger partial charge in [0.2, 0.25) is 0 Å². The molecule has 0 aliphatic carbocycles. The number of nitrogens with one attached hydrogen (secondary N) is 1. The Bertz CT molecular complexity index is 721. The van der Waals surface area contributed by atoms with Crippen LogP contribution in [-0.4, -0.2) is 17.4 Å². The summed E-state index contributed by atoms with van der Waals surface area (Å²) in [5.41, 5.74) is 2.89. The summed E-state index contributed by atoms with van der Waals surface area (Å²) in [5.74, 6) is 0.115. The van der Waals surface area contributed by atoms with Gasteiger partial charge in [0.25, 0.3) is 11.6 Å². The fraction of sp³-hybridized carbons (Fsp3) is 0.188. The molecular weight excluding hydrogens is 411 g/mol. The molecule has 23 heavy (non-hydrogen) atoms. The van der Waals surface area contributed by atoms with Crippen LogP contribution in [-0.2, 0) is 4.79 Å². The molecule has 2 rings (SSSR count). The second kappa shape index (κ2) is 7.40. The molecule has 2 aromatic carbocycles. The standard InChI is InChI=1S/C16H15IN2O4/c1-10-7-12(8-11(2)16(10)17)18-15(20)9-23-14-5-3-13(4-6-14)19(21)22/h3-8H,9H2,1-2H3,(H,18,20). The highest BCUT2D eigenvalue weighted by Gasteiger charge is 2.08. The number of hydrogen-bond donors (Lipinski definition) is 1. The molecule has 120 valence electrons. The zero-order valence-corrected chi connectivity index (χ0v) is 14.8. The number of ether oxygens (including phenoxy) is 1. The van der Waals surface area contributed by atoms with Crippen molar-refractivity contribution in [2.75, 3.05) is 11.9 Å². The predicted molar refractivity (Wildman–Crippen MR) is 95.9 cm³/mol. The molecule has 0 aliphatic heterocycles. The summed E-state index contributed by atoms with van der Waals surface area (Å²) in [5, 5.41) is 13.3. The third-order valence-electron chi connectivity index (χ3n) is 3.14. The van der Waals surface area contributed by atoms with E-state index in [0.29, 0.717) is 5.75 Å². The molecule has 0 aliphatic rings. The van der Waals surface area contributed by atoms with Gasteiger partial charge < -0.3 is 10.1 Å². The van der Waals surface area contributed by atoms with Crippen molar-refractivity contribution in [3.05, 3.63) is 61.2 Å². The summed E-state index contributed by atoms with van der Waals surface area (Å²) < 4.78 is 6.49. The van der Waals surface area contributed by atoms with Gasteiger partial charge in [0.15, 0.2) is 6.61 Å². The van der Waals surface area contributed by atoms with Crippen molar-refractivity contribution >= 4 is 39.9 Å². The van der Waals surface area contributed by atoms with Gasteiger partial charge >= 0.3 is 0 Å². The van der Waals surface area contributed by atoms with E-state index < -0.39 is 4.92 Å². The molecule has 0 fully saturated rings. The van der Waals surface area contributed by atoms with E-state index in [9.17, 15) is 14.9 Å². The van der Waals surface area contributed by atoms with Gasteiger partial charge in [0, 0.05) is 21.4 Å². The highest BCUT2D eigenvalue weighted by atomic mass is 127. The highest BCUT2D eigenvalue weighted by molar-refractivity contribution is 14.1. The van der Waals surface area contributed by atoms with E-state index in [-0.39, 0.29) is 18.2 Å². The topological polar surface area (TPSA) is 81.5 Å². The molecule has 0 heterocycles. The van der Waals surface area contributed by atoms with E-state index in [0.717, 1.165) is 16.8 Å². The molecule has 0 radical (unpaired) electrons. The van der Waals surface area contributed by atoms with Crippen LogP contribution in [0.15, 0.2) is 36.4 Å². The van der Waals surface area contributed by atoms with E-state index >= 15 is 0 Å². The molecule has 0 saturated heterocycles. The Morgan fingerprint density at radius 1 is 1.22 bits per heavy atom. The third-order valence-corrected chi connectivity index (χ3v) is 4.84. The van der Waals surface area contributed by atoms with Crippen LogP contribution in [0, 0.1) is 27.5 Å². The second-order valence-electron chi connectivity index (χ2n) is 5.01. The second-order valence-corrected chi connectivity index (χ2v) is 6.09. The number of anilines is 1. The van der Waals surface area contributed by atoms with E-state index in [1.54, 1.807) is 0 Å². The lowest BCUT2D eigenvalue weighted by Crippen LogP contribution is -2.20. The predicted octanol–water partition coefficient (Wildman–Crippen LogP) is 3.83. The summed E-state index contributed by atoms with van der Waals surface area (Å²) in [6.45, 7) is 3.80. The number of hydrogen-bond acceptors (Lipinski definition) is 4. The summed E-state index contributed by atoms with van der Waals surface area (Å²) in [6, 6.07) is 9.39. The number of carbonyl (C=O) groups excluding carboxylic acids is 1. The SMILES string of the molecule is Cc1cc(NC(=O)COc2ccc([N+](=O)[O-])cc2)cc(C)c1I. The number of benzene rings is 2. The van der Waals surface area contributed by atoms with Crippen LogP contribution in [0.2, 0.25) is 0 Å². The maximum Gasteiger partial charge on any atom is 0.269 e. The number of non-ortho nitro benzene ring substituents is 1. The first-order valence-electron chi connectivity index (χ1n) is 6.80. The van der Waals surface area contributed by atoms with Gasteiger partial charge in [-0.1, -0.05) is 0 Å². The monoisotopic (exact) mass is 426 g/mol. The van der Waals surface area contributed by atoms with E-state index in [4.69, 9.17) is 4.74 Å². The number of aryl methyl sites for hydroxylation is 2. The number of nitrogens with zero attached hydrogens (tertiary/aromatic N) is 1. The third kappa shape index (κ3) is 4.65. The van der Waals surface area contributed by atoms with Crippen molar-refractivity contribution < 1.29 is 14.5 Å². The van der Waals surface area contributed by atoms with E-state index in [2.05, 4.69) is 27.9 Å². The van der Waals surface area contributed by atoms with Gasteiger partial charge in [-0.3, -0.25) is 14.9 Å². The first-order valence-corrected chi connectivity index (χ1v) is 7.88. The minimum atomic E-state index is -0.488. The number of nitro groups is 1. The molecule has 0 aromatic heterocycles. The number of halogens is 1. The molecule has 0 unspecified atom stereocenters. The van der Waals surface area contributed by atoms with Gasteiger partial charge in [-0.15, -0.1) is 0 Å². The summed E-state index contributed by atoms with van der Waals surface area (Å²) >= 11 is 2.27. The molecular formula is C16H15IN2O4. The van der Waals surface area contributed by atoms with Gasteiger partial charge in [0.05, 0.1) is 4.92 Å². The molecule has 0 bridgehead atoms. The molecule has 2 aromatic rings.